The van der Waals surface area contributed by atoms with Gasteiger partial charge in [-0.2, -0.15) is 10.4 Å². The van der Waals surface area contributed by atoms with E-state index in [1.807, 2.05) is 25.5 Å². The molecule has 1 amide bonds. The predicted molar refractivity (Wildman–Crippen MR) is 107 cm³/mol. The highest BCUT2D eigenvalue weighted by molar-refractivity contribution is 5.94. The van der Waals surface area contributed by atoms with Gasteiger partial charge in [0, 0.05) is 12.6 Å². The number of aryl methyl sites for hydroxylation is 1. The molecule has 0 saturated carbocycles. The number of amides is 1. The number of aliphatic hydroxyl groups excluding tert-OH is 1. The van der Waals surface area contributed by atoms with Gasteiger partial charge in [-0.3, -0.25) is 9.48 Å². The molecule has 1 N–H and O–H groups in total. The van der Waals surface area contributed by atoms with Crippen LogP contribution in [0.3, 0.4) is 0 Å². The molecule has 0 saturated heterocycles. The number of rotatable bonds is 4. The lowest BCUT2D eigenvalue weighted by Crippen LogP contribution is -2.36. The normalized spacial score (nSPS) is 14.9. The molecule has 1 atom stereocenters. The van der Waals surface area contributed by atoms with E-state index < -0.39 is 6.10 Å². The molecule has 1 aromatic carbocycles. The molecule has 1 aliphatic rings. The van der Waals surface area contributed by atoms with Gasteiger partial charge in [0.2, 0.25) is 0 Å². The number of carbonyl (C=O) groups excluding carboxylic acids is 1. The first-order chi connectivity index (χ1) is 13.2. The Morgan fingerprint density at radius 3 is 2.54 bits per heavy atom. The van der Waals surface area contributed by atoms with Crippen LogP contribution >= 0.6 is 0 Å². The molecule has 6 heteroatoms. The second-order valence-corrected chi connectivity index (χ2v) is 8.50. The molecule has 1 heterocycles. The number of likely N-dealkylation sites (N-methyl/N-ethyl adjacent to an activating group) is 1. The van der Waals surface area contributed by atoms with E-state index in [-0.39, 0.29) is 18.0 Å². The molecule has 1 aromatic heterocycles. The van der Waals surface area contributed by atoms with Gasteiger partial charge in [-0.25, -0.2) is 0 Å². The lowest BCUT2D eigenvalue weighted by atomic mass is 9.95. The minimum absolute atomic E-state index is 0.113. The topological polar surface area (TPSA) is 82.2 Å². The van der Waals surface area contributed by atoms with Crippen LogP contribution in [0, 0.1) is 11.3 Å². The third-order valence-electron chi connectivity index (χ3n) is 5.21. The van der Waals surface area contributed by atoms with Gasteiger partial charge in [0.1, 0.15) is 5.69 Å². The Morgan fingerprint density at radius 2 is 1.93 bits per heavy atom. The van der Waals surface area contributed by atoms with E-state index >= 15 is 0 Å². The average Bonchev–Trinajstić information content (AvgIpc) is 3.07. The van der Waals surface area contributed by atoms with Crippen LogP contribution in [-0.4, -0.2) is 39.3 Å². The first kappa shape index (κ1) is 20.1. The van der Waals surface area contributed by atoms with E-state index in [2.05, 4.69) is 6.07 Å². The van der Waals surface area contributed by atoms with Crippen molar-refractivity contribution in [1.29, 1.82) is 5.26 Å². The first-order valence-corrected chi connectivity index (χ1v) is 9.77. The fraction of sp³-hybridized carbons (Fsp3) is 0.500. The second kappa shape index (κ2) is 7.76. The van der Waals surface area contributed by atoms with Crippen molar-refractivity contribution in [3.8, 4) is 6.07 Å². The standard InChI is InChI=1S/C22H28N4O2/c1-22(2,3)26-20(17-7-5-6-8-18(17)24-26)21(28)25(4)14-19(27)16-11-9-15(13-23)10-12-16/h9-12,19,27H,5-8,14H2,1-4H3. The lowest BCUT2D eigenvalue weighted by molar-refractivity contribution is 0.0661. The average molecular weight is 380 g/mol. The summed E-state index contributed by atoms with van der Waals surface area (Å²) >= 11 is 0. The molecular formula is C22H28N4O2. The molecular weight excluding hydrogens is 352 g/mol. The van der Waals surface area contributed by atoms with E-state index in [1.54, 1.807) is 36.2 Å². The molecule has 3 rings (SSSR count). The SMILES string of the molecule is CN(CC(O)c1ccc(C#N)cc1)C(=O)c1c2c(nn1C(C)(C)C)CCCC2. The third-order valence-corrected chi connectivity index (χ3v) is 5.21. The number of aliphatic hydroxyl groups is 1. The van der Waals surface area contributed by atoms with Crippen LogP contribution in [0.25, 0.3) is 0 Å². The van der Waals surface area contributed by atoms with E-state index in [0.717, 1.165) is 36.9 Å². The van der Waals surface area contributed by atoms with Crippen molar-refractivity contribution < 1.29 is 9.90 Å². The molecule has 148 valence electrons. The van der Waals surface area contributed by atoms with Gasteiger partial charge in [-0.15, -0.1) is 0 Å². The fourth-order valence-electron chi connectivity index (χ4n) is 3.67. The number of nitriles is 1. The summed E-state index contributed by atoms with van der Waals surface area (Å²) in [6.07, 6.45) is 3.15. The largest absolute Gasteiger partial charge is 0.387 e. The van der Waals surface area contributed by atoms with Gasteiger partial charge in [-0.1, -0.05) is 12.1 Å². The van der Waals surface area contributed by atoms with Crippen molar-refractivity contribution in [3.05, 3.63) is 52.3 Å². The van der Waals surface area contributed by atoms with Gasteiger partial charge in [-0.05, 0) is 64.2 Å². The molecule has 2 aromatic rings. The highest BCUT2D eigenvalue weighted by Crippen LogP contribution is 2.29. The summed E-state index contributed by atoms with van der Waals surface area (Å²) < 4.78 is 1.86. The highest BCUT2D eigenvalue weighted by atomic mass is 16.3. The summed E-state index contributed by atoms with van der Waals surface area (Å²) in [5.74, 6) is -0.113. The van der Waals surface area contributed by atoms with Crippen LogP contribution in [-0.2, 0) is 18.4 Å². The number of hydrogen-bond acceptors (Lipinski definition) is 4. The smallest absolute Gasteiger partial charge is 0.272 e. The zero-order chi connectivity index (χ0) is 20.5. The fourth-order valence-corrected chi connectivity index (χ4v) is 3.67. The van der Waals surface area contributed by atoms with Crippen molar-refractivity contribution in [2.24, 2.45) is 0 Å². The number of aromatic nitrogens is 2. The van der Waals surface area contributed by atoms with Gasteiger partial charge >= 0.3 is 0 Å². The van der Waals surface area contributed by atoms with E-state index in [1.165, 1.54) is 0 Å². The molecule has 1 unspecified atom stereocenters. The van der Waals surface area contributed by atoms with Gasteiger partial charge in [0.15, 0.2) is 0 Å². The summed E-state index contributed by atoms with van der Waals surface area (Å²) in [5.41, 5.74) is 3.67. The molecule has 6 nitrogen and oxygen atoms in total. The maximum Gasteiger partial charge on any atom is 0.272 e. The van der Waals surface area contributed by atoms with Crippen LogP contribution in [0.1, 0.15) is 72.6 Å². The van der Waals surface area contributed by atoms with Crippen molar-refractivity contribution in [3.63, 3.8) is 0 Å². The zero-order valence-corrected chi connectivity index (χ0v) is 17.1. The Morgan fingerprint density at radius 1 is 1.29 bits per heavy atom. The van der Waals surface area contributed by atoms with Crippen molar-refractivity contribution in [2.75, 3.05) is 13.6 Å². The maximum atomic E-state index is 13.3. The van der Waals surface area contributed by atoms with Crippen LogP contribution in [0.5, 0.6) is 0 Å². The second-order valence-electron chi connectivity index (χ2n) is 8.50. The highest BCUT2D eigenvalue weighted by Gasteiger charge is 2.32. The molecule has 0 fully saturated rings. The monoisotopic (exact) mass is 380 g/mol. The third kappa shape index (κ3) is 3.95. The van der Waals surface area contributed by atoms with Crippen molar-refractivity contribution in [1.82, 2.24) is 14.7 Å². The molecule has 1 aliphatic carbocycles. The van der Waals surface area contributed by atoms with Crippen LogP contribution in [0.15, 0.2) is 24.3 Å². The number of hydrogen-bond donors (Lipinski definition) is 1. The van der Waals surface area contributed by atoms with Gasteiger partial charge in [0.25, 0.3) is 5.91 Å². The number of benzene rings is 1. The molecule has 0 spiro atoms. The Bertz CT molecular complexity index is 900. The summed E-state index contributed by atoms with van der Waals surface area (Å²) in [5, 5.41) is 24.2. The molecule has 0 bridgehead atoms. The Labute approximate surface area is 166 Å². The Kier molecular flexibility index (Phi) is 5.57. The van der Waals surface area contributed by atoms with Crippen LogP contribution < -0.4 is 0 Å². The number of carbonyl (C=O) groups is 1. The van der Waals surface area contributed by atoms with Crippen LogP contribution in [0.4, 0.5) is 0 Å². The van der Waals surface area contributed by atoms with Gasteiger partial charge in [0.05, 0.1) is 35.5 Å². The summed E-state index contributed by atoms with van der Waals surface area (Å²) in [4.78, 5) is 14.9. The quantitative estimate of drug-likeness (QED) is 0.883. The molecule has 0 aliphatic heterocycles. The number of fused-ring (bicyclic) bond motifs is 1. The minimum Gasteiger partial charge on any atom is -0.387 e. The maximum absolute atomic E-state index is 13.3. The van der Waals surface area contributed by atoms with E-state index in [4.69, 9.17) is 10.4 Å². The molecule has 28 heavy (non-hydrogen) atoms. The van der Waals surface area contributed by atoms with Crippen molar-refractivity contribution >= 4 is 5.91 Å². The zero-order valence-electron chi connectivity index (χ0n) is 17.1. The summed E-state index contributed by atoms with van der Waals surface area (Å²) in [7, 11) is 1.71. The Balaban J connectivity index is 1.85. The number of nitrogens with zero attached hydrogens (tertiary/aromatic N) is 4. The predicted octanol–water partition coefficient (Wildman–Crippen LogP) is 3.19. The van der Waals surface area contributed by atoms with Crippen LogP contribution in [0.2, 0.25) is 0 Å². The summed E-state index contributed by atoms with van der Waals surface area (Å²) in [6.45, 7) is 6.32. The lowest BCUT2D eigenvalue weighted by Gasteiger charge is -2.26. The Hall–Kier alpha value is -2.65. The van der Waals surface area contributed by atoms with E-state index in [9.17, 15) is 9.90 Å². The summed E-state index contributed by atoms with van der Waals surface area (Å²) in [6, 6.07) is 8.86. The van der Waals surface area contributed by atoms with Crippen molar-refractivity contribution in [2.45, 2.75) is 58.1 Å². The van der Waals surface area contributed by atoms with Gasteiger partial charge < -0.3 is 10.0 Å². The minimum atomic E-state index is -0.816. The van der Waals surface area contributed by atoms with E-state index in [0.29, 0.717) is 16.8 Å². The first-order valence-electron chi connectivity index (χ1n) is 9.77. The molecule has 0 radical (unpaired) electrons.